The molecule has 0 unspecified atom stereocenters. The van der Waals surface area contributed by atoms with E-state index in [1.165, 1.54) is 11.8 Å². The average molecular weight is 522 g/mol. The maximum absolute atomic E-state index is 13.8. The van der Waals surface area contributed by atoms with Crippen molar-refractivity contribution in [1.29, 1.82) is 0 Å². The van der Waals surface area contributed by atoms with Gasteiger partial charge in [-0.1, -0.05) is 49.4 Å². The zero-order chi connectivity index (χ0) is 27.4. The minimum atomic E-state index is -1.93. The number of carbonyl (C=O) groups excluding carboxylic acids is 3. The number of anilines is 2. The summed E-state index contributed by atoms with van der Waals surface area (Å²) in [6, 6.07) is 14.1. The number of fused-ring (bicyclic) bond motifs is 1. The van der Waals surface area contributed by atoms with Gasteiger partial charge in [-0.05, 0) is 43.5 Å². The number of likely N-dealkylation sites (tertiary alicyclic amines) is 1. The molecule has 0 aliphatic carbocycles. The Hall–Kier alpha value is -3.53. The van der Waals surface area contributed by atoms with Crippen molar-refractivity contribution in [3.05, 3.63) is 71.8 Å². The Morgan fingerprint density at radius 3 is 2.61 bits per heavy atom. The number of carbonyl (C=O) groups is 3. The minimum absolute atomic E-state index is 0.0674. The van der Waals surface area contributed by atoms with Crippen LogP contribution in [-0.4, -0.2) is 63.2 Å². The highest BCUT2D eigenvalue weighted by Crippen LogP contribution is 2.46. The Balaban J connectivity index is 1.61. The molecule has 9 heteroatoms. The number of hydrogen-bond donors (Lipinski definition) is 4. The molecule has 2 aliphatic heterocycles. The molecular weight excluding hydrogens is 486 g/mol. The molecule has 2 aliphatic rings. The molecular formula is C29H35N3O6. The van der Waals surface area contributed by atoms with Crippen molar-refractivity contribution in [3.8, 4) is 0 Å². The van der Waals surface area contributed by atoms with E-state index < -0.39 is 29.4 Å². The summed E-state index contributed by atoms with van der Waals surface area (Å²) in [6.45, 7) is 3.85. The highest BCUT2D eigenvalue weighted by molar-refractivity contribution is 6.08. The van der Waals surface area contributed by atoms with Crippen molar-refractivity contribution in [2.24, 2.45) is 5.92 Å². The van der Waals surface area contributed by atoms with Gasteiger partial charge in [-0.3, -0.25) is 14.4 Å². The summed E-state index contributed by atoms with van der Waals surface area (Å²) in [5, 5.41) is 33.6. The van der Waals surface area contributed by atoms with Crippen LogP contribution >= 0.6 is 0 Å². The van der Waals surface area contributed by atoms with Crippen molar-refractivity contribution >= 4 is 29.1 Å². The van der Waals surface area contributed by atoms with Gasteiger partial charge in [0.05, 0.1) is 24.9 Å². The molecule has 4 N–H and O–H groups in total. The molecule has 0 aromatic heterocycles. The second-order valence-corrected chi connectivity index (χ2v) is 10.0. The molecule has 1 fully saturated rings. The minimum Gasteiger partial charge on any atom is -0.394 e. The summed E-state index contributed by atoms with van der Waals surface area (Å²) in [7, 11) is 0. The molecule has 2 aromatic carbocycles. The van der Waals surface area contributed by atoms with Crippen LogP contribution in [0.5, 0.6) is 0 Å². The van der Waals surface area contributed by atoms with Crippen LogP contribution in [0.15, 0.2) is 60.7 Å². The van der Waals surface area contributed by atoms with E-state index in [2.05, 4.69) is 5.32 Å². The van der Waals surface area contributed by atoms with E-state index in [1.807, 2.05) is 30.3 Å². The van der Waals surface area contributed by atoms with Crippen LogP contribution < -0.4 is 10.2 Å². The molecule has 38 heavy (non-hydrogen) atoms. The Morgan fingerprint density at radius 1 is 1.18 bits per heavy atom. The van der Waals surface area contributed by atoms with Gasteiger partial charge in [0.2, 0.25) is 5.91 Å². The van der Waals surface area contributed by atoms with E-state index in [0.29, 0.717) is 23.5 Å². The predicted octanol–water partition coefficient (Wildman–Crippen LogP) is 2.31. The second-order valence-electron chi connectivity index (χ2n) is 10.0. The van der Waals surface area contributed by atoms with E-state index >= 15 is 0 Å². The molecule has 0 spiro atoms. The molecule has 0 bridgehead atoms. The first kappa shape index (κ1) is 27.5. The fraction of sp³-hybridized carbons (Fsp3) is 0.414. The lowest BCUT2D eigenvalue weighted by Crippen LogP contribution is -2.44. The normalized spacial score (nSPS) is 22.6. The molecule has 2 aromatic rings. The average Bonchev–Trinajstić information content (AvgIpc) is 3.47. The van der Waals surface area contributed by atoms with E-state index in [9.17, 15) is 29.7 Å². The van der Waals surface area contributed by atoms with Crippen molar-refractivity contribution < 1.29 is 29.7 Å². The van der Waals surface area contributed by atoms with Gasteiger partial charge in [0.25, 0.3) is 11.8 Å². The van der Waals surface area contributed by atoms with Crippen molar-refractivity contribution in [2.75, 3.05) is 23.4 Å². The molecule has 0 saturated carbocycles. The Kier molecular flexibility index (Phi) is 8.30. The molecule has 0 radical (unpaired) electrons. The predicted molar refractivity (Wildman–Crippen MR) is 143 cm³/mol. The summed E-state index contributed by atoms with van der Waals surface area (Å²) in [5.74, 6) is -1.91. The molecule has 2 heterocycles. The van der Waals surface area contributed by atoms with Crippen LogP contribution in [0.3, 0.4) is 0 Å². The van der Waals surface area contributed by atoms with E-state index in [1.54, 1.807) is 42.2 Å². The zero-order valence-electron chi connectivity index (χ0n) is 21.7. The van der Waals surface area contributed by atoms with Crippen LogP contribution in [0.2, 0.25) is 0 Å². The van der Waals surface area contributed by atoms with Gasteiger partial charge in [0.1, 0.15) is 6.10 Å². The number of benzene rings is 2. The molecule has 4 rings (SSSR count). The topological polar surface area (TPSA) is 130 Å². The van der Waals surface area contributed by atoms with Gasteiger partial charge in [0, 0.05) is 30.1 Å². The number of aliphatic hydroxyl groups is 3. The third kappa shape index (κ3) is 5.36. The molecule has 3 amide bonds. The van der Waals surface area contributed by atoms with E-state index in [-0.39, 0.29) is 31.5 Å². The highest BCUT2D eigenvalue weighted by Gasteiger charge is 2.52. The lowest BCUT2D eigenvalue weighted by molar-refractivity contribution is -0.139. The summed E-state index contributed by atoms with van der Waals surface area (Å²) in [5.41, 5.74) is 0.162. The van der Waals surface area contributed by atoms with Gasteiger partial charge in [-0.15, -0.1) is 0 Å². The Morgan fingerprint density at radius 2 is 1.92 bits per heavy atom. The standard InChI is InChI=1S/C29H35N3O6/c1-19(8-6-12-26(35)31-15-7-11-23(31)18-33)29(38)24-16-22(30-27(36)20(2)34)13-14-25(24)32(28(29)37)17-21-9-4-3-5-10-21/h3-6,8-10,13-14,16,19-20,23,33-34,38H,7,11-12,15,17-18H2,1-2H3,(H,30,36)/b8-6+/t19-,20+,23+,29+/m1/s1. The van der Waals surface area contributed by atoms with Crippen molar-refractivity contribution in [2.45, 2.75) is 57.4 Å². The zero-order valence-corrected chi connectivity index (χ0v) is 21.7. The molecule has 1 saturated heterocycles. The van der Waals surface area contributed by atoms with Crippen LogP contribution in [-0.2, 0) is 26.5 Å². The quantitative estimate of drug-likeness (QED) is 0.375. The molecule has 202 valence electrons. The monoisotopic (exact) mass is 521 g/mol. The van der Waals surface area contributed by atoms with Crippen molar-refractivity contribution in [3.63, 3.8) is 0 Å². The number of rotatable bonds is 9. The van der Waals surface area contributed by atoms with Crippen LogP contribution in [0.4, 0.5) is 11.4 Å². The maximum atomic E-state index is 13.8. The first-order valence-corrected chi connectivity index (χ1v) is 13.0. The number of nitrogens with zero attached hydrogens (tertiary/aromatic N) is 2. The van der Waals surface area contributed by atoms with E-state index in [4.69, 9.17) is 0 Å². The largest absolute Gasteiger partial charge is 0.394 e. The van der Waals surface area contributed by atoms with Gasteiger partial charge < -0.3 is 30.4 Å². The van der Waals surface area contributed by atoms with Gasteiger partial charge in [0.15, 0.2) is 5.60 Å². The third-order valence-electron chi connectivity index (χ3n) is 7.38. The number of nitrogens with one attached hydrogen (secondary N) is 1. The fourth-order valence-electron chi connectivity index (χ4n) is 5.18. The van der Waals surface area contributed by atoms with Crippen LogP contribution in [0.25, 0.3) is 0 Å². The maximum Gasteiger partial charge on any atom is 0.264 e. The van der Waals surface area contributed by atoms with E-state index in [0.717, 1.165) is 18.4 Å². The lowest BCUT2D eigenvalue weighted by Gasteiger charge is -2.28. The second kappa shape index (κ2) is 11.5. The summed E-state index contributed by atoms with van der Waals surface area (Å²) >= 11 is 0. The SMILES string of the molecule is C[C@H](O)C(=O)Nc1ccc2c(c1)[C@@](O)([C@H](C)/C=C/CC(=O)N1CCC[C@H]1CO)C(=O)N2Cc1ccccc1. The Bertz CT molecular complexity index is 1210. The number of aliphatic hydroxyl groups excluding tert-OH is 2. The fourth-order valence-corrected chi connectivity index (χ4v) is 5.18. The first-order valence-electron chi connectivity index (χ1n) is 13.0. The summed E-state index contributed by atoms with van der Waals surface area (Å²) < 4.78 is 0. The number of amides is 3. The first-order chi connectivity index (χ1) is 18.2. The molecule has 4 atom stereocenters. The van der Waals surface area contributed by atoms with Crippen molar-refractivity contribution in [1.82, 2.24) is 4.90 Å². The van der Waals surface area contributed by atoms with Crippen LogP contribution in [0.1, 0.15) is 44.2 Å². The number of hydrogen-bond acceptors (Lipinski definition) is 6. The van der Waals surface area contributed by atoms with Gasteiger partial charge in [-0.25, -0.2) is 0 Å². The smallest absolute Gasteiger partial charge is 0.264 e. The summed E-state index contributed by atoms with van der Waals surface area (Å²) in [4.78, 5) is 41.7. The third-order valence-corrected chi connectivity index (χ3v) is 7.38. The van der Waals surface area contributed by atoms with Crippen LogP contribution in [0, 0.1) is 5.92 Å². The lowest BCUT2D eigenvalue weighted by atomic mass is 9.82. The van der Waals surface area contributed by atoms with Gasteiger partial charge in [-0.2, -0.15) is 0 Å². The molecule has 9 nitrogen and oxygen atoms in total. The summed E-state index contributed by atoms with van der Waals surface area (Å²) in [6.07, 6.45) is 3.82. The Labute approximate surface area is 222 Å². The highest BCUT2D eigenvalue weighted by atomic mass is 16.3. The van der Waals surface area contributed by atoms with Gasteiger partial charge >= 0.3 is 0 Å².